The molecule has 7 heteroatoms. The fraction of sp³-hybridized carbons (Fsp3) is 0.727. The molecule has 1 aromatic rings. The second kappa shape index (κ2) is 4.64. The Balaban J connectivity index is 1.73. The van der Waals surface area contributed by atoms with Gasteiger partial charge in [0.25, 0.3) is 10.0 Å². The van der Waals surface area contributed by atoms with E-state index in [1.807, 2.05) is 0 Å². The average molecular weight is 270 g/mol. The molecular weight excluding hydrogens is 252 g/mol. The molecule has 3 heterocycles. The van der Waals surface area contributed by atoms with Crippen molar-refractivity contribution in [3.8, 4) is 0 Å². The van der Waals surface area contributed by atoms with E-state index in [4.69, 9.17) is 0 Å². The molecule has 0 spiro atoms. The summed E-state index contributed by atoms with van der Waals surface area (Å²) < 4.78 is 27.1. The number of sulfonamides is 1. The lowest BCUT2D eigenvalue weighted by atomic mass is 10.00. The Kier molecular flexibility index (Phi) is 3.13. The molecule has 0 amide bonds. The molecule has 2 aliphatic rings. The van der Waals surface area contributed by atoms with Gasteiger partial charge in [-0.1, -0.05) is 6.42 Å². The summed E-state index contributed by atoms with van der Waals surface area (Å²) in [4.78, 5) is 2.41. The number of fused-ring (bicyclic) bond motifs is 1. The summed E-state index contributed by atoms with van der Waals surface area (Å²) in [6.45, 7) is 2.10. The van der Waals surface area contributed by atoms with Crippen molar-refractivity contribution in [2.24, 2.45) is 0 Å². The second-order valence-electron chi connectivity index (χ2n) is 5.04. The van der Waals surface area contributed by atoms with Gasteiger partial charge in [0.2, 0.25) is 0 Å². The quantitative estimate of drug-likeness (QED) is 0.829. The van der Waals surface area contributed by atoms with Gasteiger partial charge in [-0.3, -0.25) is 10.00 Å². The Hall–Kier alpha value is -0.920. The molecule has 2 atom stereocenters. The van der Waals surface area contributed by atoms with E-state index in [0.29, 0.717) is 6.04 Å². The molecule has 2 unspecified atom stereocenters. The first-order valence-electron chi connectivity index (χ1n) is 6.42. The maximum Gasteiger partial charge on any atom is 0.257 e. The van der Waals surface area contributed by atoms with E-state index in [9.17, 15) is 8.42 Å². The molecule has 1 aromatic heterocycles. The summed E-state index contributed by atoms with van der Waals surface area (Å²) >= 11 is 0. The van der Waals surface area contributed by atoms with E-state index in [1.54, 1.807) is 0 Å². The number of hydrogen-bond donors (Lipinski definition) is 2. The third-order valence-corrected chi connectivity index (χ3v) is 5.35. The zero-order valence-corrected chi connectivity index (χ0v) is 11.0. The van der Waals surface area contributed by atoms with Crippen LogP contribution in [0.4, 0.5) is 0 Å². The monoisotopic (exact) mass is 270 g/mol. The summed E-state index contributed by atoms with van der Waals surface area (Å²) in [6, 6.07) is 1.89. The first kappa shape index (κ1) is 12.1. The molecule has 100 valence electrons. The van der Waals surface area contributed by atoms with Crippen LogP contribution >= 0.6 is 0 Å². The molecule has 6 nitrogen and oxygen atoms in total. The third-order valence-electron chi connectivity index (χ3n) is 3.93. The Morgan fingerprint density at radius 3 is 3.00 bits per heavy atom. The summed E-state index contributed by atoms with van der Waals surface area (Å²) in [5.41, 5.74) is 0. The van der Waals surface area contributed by atoms with Gasteiger partial charge in [0.1, 0.15) is 0 Å². The zero-order chi connectivity index (χ0) is 12.6. The van der Waals surface area contributed by atoms with Gasteiger partial charge in [0.05, 0.1) is 6.20 Å². The fourth-order valence-electron chi connectivity index (χ4n) is 3.04. The van der Waals surface area contributed by atoms with Crippen LogP contribution in [0.3, 0.4) is 0 Å². The van der Waals surface area contributed by atoms with Crippen LogP contribution in [0, 0.1) is 0 Å². The molecule has 2 fully saturated rings. The van der Waals surface area contributed by atoms with Gasteiger partial charge in [-0.2, -0.15) is 5.10 Å². The van der Waals surface area contributed by atoms with Crippen LogP contribution in [0.2, 0.25) is 0 Å². The number of piperidine rings is 1. The highest BCUT2D eigenvalue weighted by atomic mass is 32.2. The average Bonchev–Trinajstić information content (AvgIpc) is 2.99. The molecule has 0 radical (unpaired) electrons. The summed E-state index contributed by atoms with van der Waals surface area (Å²) in [7, 11) is -3.45. The summed E-state index contributed by atoms with van der Waals surface area (Å²) in [5, 5.41) is 6.35. The Morgan fingerprint density at radius 2 is 2.22 bits per heavy atom. The van der Waals surface area contributed by atoms with E-state index < -0.39 is 10.0 Å². The minimum absolute atomic E-state index is 0.0404. The molecule has 2 saturated heterocycles. The van der Waals surface area contributed by atoms with Gasteiger partial charge >= 0.3 is 0 Å². The third kappa shape index (κ3) is 2.17. The normalized spacial score (nSPS) is 29.3. The van der Waals surface area contributed by atoms with Crippen molar-refractivity contribution < 1.29 is 8.42 Å². The predicted molar refractivity (Wildman–Crippen MR) is 66.5 cm³/mol. The second-order valence-corrected chi connectivity index (χ2v) is 6.72. The van der Waals surface area contributed by atoms with Crippen molar-refractivity contribution in [3.63, 3.8) is 0 Å². The van der Waals surface area contributed by atoms with E-state index in [2.05, 4.69) is 19.8 Å². The Labute approximate surface area is 107 Å². The Morgan fingerprint density at radius 1 is 1.33 bits per heavy atom. The first-order valence-corrected chi connectivity index (χ1v) is 7.91. The smallest absolute Gasteiger partial charge is 0.257 e. The number of hydrogen-bond acceptors (Lipinski definition) is 4. The van der Waals surface area contributed by atoms with Crippen LogP contribution in [0.5, 0.6) is 0 Å². The maximum absolute atomic E-state index is 12.1. The summed E-state index contributed by atoms with van der Waals surface area (Å²) in [5.74, 6) is 0. The maximum atomic E-state index is 12.1. The lowest BCUT2D eigenvalue weighted by molar-refractivity contribution is 0.186. The van der Waals surface area contributed by atoms with Gasteiger partial charge in [-0.05, 0) is 31.9 Å². The van der Waals surface area contributed by atoms with Gasteiger partial charge in [0.15, 0.2) is 5.03 Å². The number of aromatic nitrogens is 2. The minimum atomic E-state index is -3.45. The first-order chi connectivity index (χ1) is 8.67. The van der Waals surface area contributed by atoms with Crippen molar-refractivity contribution in [2.75, 3.05) is 13.1 Å². The number of nitrogens with one attached hydrogen (secondary N) is 2. The van der Waals surface area contributed by atoms with Gasteiger partial charge in [-0.25, -0.2) is 13.1 Å². The van der Waals surface area contributed by atoms with Crippen LogP contribution < -0.4 is 4.72 Å². The fourth-order valence-corrected chi connectivity index (χ4v) is 4.25. The predicted octanol–water partition coefficient (Wildman–Crippen LogP) is 0.315. The molecule has 0 saturated carbocycles. The summed E-state index contributed by atoms with van der Waals surface area (Å²) in [6.07, 6.45) is 5.88. The van der Waals surface area contributed by atoms with Crippen LogP contribution in [0.25, 0.3) is 0 Å². The largest absolute Gasteiger partial charge is 0.299 e. The van der Waals surface area contributed by atoms with Crippen molar-refractivity contribution in [1.82, 2.24) is 19.8 Å². The highest BCUT2D eigenvalue weighted by Gasteiger charge is 2.37. The molecule has 18 heavy (non-hydrogen) atoms. The molecular formula is C11H18N4O2S. The van der Waals surface area contributed by atoms with Crippen molar-refractivity contribution in [1.29, 1.82) is 0 Å². The van der Waals surface area contributed by atoms with Gasteiger partial charge in [-0.15, -0.1) is 0 Å². The van der Waals surface area contributed by atoms with Gasteiger partial charge < -0.3 is 0 Å². The SMILES string of the molecule is O=S(=O)(NC1CCN2CCCCC12)c1ccn[nH]1. The Bertz CT molecular complexity index is 499. The zero-order valence-electron chi connectivity index (χ0n) is 10.2. The lowest BCUT2D eigenvalue weighted by Crippen LogP contribution is -2.46. The van der Waals surface area contributed by atoms with E-state index in [1.165, 1.54) is 25.1 Å². The molecule has 2 aliphatic heterocycles. The molecule has 2 N–H and O–H groups in total. The highest BCUT2D eigenvalue weighted by Crippen LogP contribution is 2.27. The van der Waals surface area contributed by atoms with Crippen molar-refractivity contribution in [3.05, 3.63) is 12.3 Å². The molecule has 0 aromatic carbocycles. The van der Waals surface area contributed by atoms with Crippen molar-refractivity contribution >= 4 is 10.0 Å². The molecule has 0 bridgehead atoms. The van der Waals surface area contributed by atoms with Crippen LogP contribution in [0.1, 0.15) is 25.7 Å². The number of aromatic amines is 1. The number of H-pyrrole nitrogens is 1. The van der Waals surface area contributed by atoms with Gasteiger partial charge in [0, 0.05) is 18.6 Å². The van der Waals surface area contributed by atoms with Crippen molar-refractivity contribution in [2.45, 2.75) is 42.8 Å². The topological polar surface area (TPSA) is 78.1 Å². The van der Waals surface area contributed by atoms with Crippen LogP contribution in [0.15, 0.2) is 17.3 Å². The van der Waals surface area contributed by atoms with E-state index >= 15 is 0 Å². The molecule has 3 rings (SSSR count). The van der Waals surface area contributed by atoms with E-state index in [0.717, 1.165) is 25.9 Å². The standard InChI is InChI=1S/C11H18N4O2S/c16-18(17,11-4-6-12-13-11)14-9-5-8-15-7-2-1-3-10(9)15/h4,6,9-10,14H,1-3,5,7-8H2,(H,12,13). The van der Waals surface area contributed by atoms with E-state index in [-0.39, 0.29) is 11.1 Å². The van der Waals surface area contributed by atoms with Crippen LogP contribution in [-0.4, -0.2) is 48.7 Å². The number of rotatable bonds is 3. The lowest BCUT2D eigenvalue weighted by Gasteiger charge is -2.32. The molecule has 0 aliphatic carbocycles. The highest BCUT2D eigenvalue weighted by molar-refractivity contribution is 7.89. The number of nitrogens with zero attached hydrogens (tertiary/aromatic N) is 2. The minimum Gasteiger partial charge on any atom is -0.299 e. The van der Waals surface area contributed by atoms with Crippen LogP contribution in [-0.2, 0) is 10.0 Å².